The second kappa shape index (κ2) is 13.1. The first-order chi connectivity index (χ1) is 25.6. The van der Waals surface area contributed by atoms with Crippen LogP contribution in [0, 0.1) is 0 Å². The molecule has 0 unspecified atom stereocenters. The molecule has 0 bridgehead atoms. The van der Waals surface area contributed by atoms with Crippen LogP contribution in [0.5, 0.6) is 0 Å². The molecule has 250 valence electrons. The van der Waals surface area contributed by atoms with Crippen molar-refractivity contribution >= 4 is 46.1 Å². The monoisotopic (exact) mass is 676 g/mol. The highest BCUT2D eigenvalue weighted by Gasteiger charge is 2.24. The summed E-state index contributed by atoms with van der Waals surface area (Å²) in [6, 6.07) is 57.8. The molecule has 7 aromatic carbocycles. The molecule has 0 aromatic heterocycles. The van der Waals surface area contributed by atoms with Gasteiger partial charge in [0, 0.05) is 45.3 Å². The van der Waals surface area contributed by atoms with Crippen LogP contribution < -0.4 is 9.80 Å². The van der Waals surface area contributed by atoms with Crippen molar-refractivity contribution in [2.24, 2.45) is 0 Å². The zero-order valence-corrected chi connectivity index (χ0v) is 28.1. The fourth-order valence-electron chi connectivity index (χ4n) is 7.01. The number of rotatable bonds is 8. The van der Waals surface area contributed by atoms with Gasteiger partial charge in [-0.2, -0.15) is 0 Å². The van der Waals surface area contributed by atoms with Gasteiger partial charge in [-0.25, -0.2) is 9.59 Å². The Balaban J connectivity index is 1.04. The Morgan fingerprint density at radius 2 is 0.750 bits per heavy atom. The van der Waals surface area contributed by atoms with Gasteiger partial charge in [-0.3, -0.25) is 0 Å². The van der Waals surface area contributed by atoms with Crippen molar-refractivity contribution in [3.8, 4) is 22.3 Å². The van der Waals surface area contributed by atoms with E-state index in [9.17, 15) is 9.59 Å². The average molecular weight is 677 g/mol. The molecule has 0 fully saturated rings. The molecule has 52 heavy (non-hydrogen) atoms. The van der Waals surface area contributed by atoms with Crippen molar-refractivity contribution in [1.82, 2.24) is 0 Å². The third-order valence-corrected chi connectivity index (χ3v) is 9.67. The highest BCUT2D eigenvalue weighted by Crippen LogP contribution is 2.40. The fourth-order valence-corrected chi connectivity index (χ4v) is 7.01. The van der Waals surface area contributed by atoms with E-state index < -0.39 is 0 Å². The number of esters is 2. The summed E-state index contributed by atoms with van der Waals surface area (Å²) in [5.74, 6) is -0.550. The van der Waals surface area contributed by atoms with Gasteiger partial charge < -0.3 is 19.3 Å². The van der Waals surface area contributed by atoms with E-state index in [1.165, 1.54) is 0 Å². The number of hydrogen-bond acceptors (Lipinski definition) is 6. The summed E-state index contributed by atoms with van der Waals surface area (Å²) in [5.41, 5.74) is 13.2. The van der Waals surface area contributed by atoms with Crippen molar-refractivity contribution in [1.29, 1.82) is 0 Å². The minimum atomic E-state index is -0.286. The van der Waals surface area contributed by atoms with Crippen LogP contribution in [0.3, 0.4) is 0 Å². The number of ether oxygens (including phenoxy) is 2. The van der Waals surface area contributed by atoms with Gasteiger partial charge in [0.25, 0.3) is 0 Å². The summed E-state index contributed by atoms with van der Waals surface area (Å²) in [7, 11) is 0. The smallest absolute Gasteiger partial charge is 0.338 e. The fraction of sp³-hybridized carbons (Fsp3) is 0.0435. The van der Waals surface area contributed by atoms with E-state index in [1.807, 2.05) is 72.8 Å². The molecule has 0 N–H and O–H groups in total. The Bertz CT molecular complexity index is 2440. The predicted octanol–water partition coefficient (Wildman–Crippen LogP) is 11.3. The largest absolute Gasteiger partial charge is 0.457 e. The lowest BCUT2D eigenvalue weighted by atomic mass is 10.00. The molecule has 2 aliphatic rings. The second-order valence-corrected chi connectivity index (χ2v) is 12.9. The molecule has 9 rings (SSSR count). The van der Waals surface area contributed by atoms with Gasteiger partial charge >= 0.3 is 11.9 Å². The average Bonchev–Trinajstić information content (AvgIpc) is 3.77. The number of hydrogen-bond donors (Lipinski definition) is 0. The summed E-state index contributed by atoms with van der Waals surface area (Å²) in [6.07, 6.45) is 0. The molecule has 0 saturated carbocycles. The minimum absolute atomic E-state index is 0.264. The van der Waals surface area contributed by atoms with E-state index in [-0.39, 0.29) is 11.9 Å². The molecule has 0 amide bonds. The minimum Gasteiger partial charge on any atom is -0.457 e. The topological polar surface area (TPSA) is 59.1 Å². The maximum Gasteiger partial charge on any atom is 0.338 e. The van der Waals surface area contributed by atoms with E-state index in [1.54, 1.807) is 0 Å². The number of carbonyl (C=O) groups is 2. The first-order valence-electron chi connectivity index (χ1n) is 17.2. The third-order valence-electron chi connectivity index (χ3n) is 9.67. The number of nitrogens with zero attached hydrogens (tertiary/aromatic N) is 2. The van der Waals surface area contributed by atoms with E-state index in [4.69, 9.17) is 9.47 Å². The molecule has 6 heteroatoms. The number of para-hydroxylation sites is 2. The Morgan fingerprint density at radius 1 is 0.346 bits per heavy atom. The number of anilines is 6. The lowest BCUT2D eigenvalue weighted by molar-refractivity contribution is 0.0526. The maximum atomic E-state index is 12.5. The van der Waals surface area contributed by atoms with E-state index in [2.05, 4.69) is 107 Å². The third kappa shape index (κ3) is 5.76. The van der Waals surface area contributed by atoms with Crippen LogP contribution in [0.15, 0.2) is 170 Å². The van der Waals surface area contributed by atoms with E-state index in [0.717, 1.165) is 67.5 Å². The van der Waals surface area contributed by atoms with Gasteiger partial charge in [-0.05, 0) is 101 Å². The van der Waals surface area contributed by atoms with Crippen molar-refractivity contribution in [2.45, 2.75) is 13.2 Å². The number of benzene rings is 7. The summed E-state index contributed by atoms with van der Waals surface area (Å²) in [5, 5.41) is 0. The standard InChI is InChI=1S/C46H32N2O4/c49-45-43-27-34(14-15-35(43)29-51-45)32-18-23-40(24-19-32)47(37-9-3-1-4-10-37)39-21-16-31(17-22-39)33-8-7-13-41(26-33)48(38-11-5-2-6-12-38)42-25-20-36-30-52-46(50)44(36)28-42/h1-28H,29-30H2. The molecule has 0 atom stereocenters. The molecular weight excluding hydrogens is 645 g/mol. The first kappa shape index (κ1) is 31.1. The van der Waals surface area contributed by atoms with Gasteiger partial charge in [0.2, 0.25) is 0 Å². The van der Waals surface area contributed by atoms with Crippen LogP contribution in [-0.2, 0) is 22.7 Å². The quantitative estimate of drug-likeness (QED) is 0.149. The van der Waals surface area contributed by atoms with Crippen LogP contribution in [0.25, 0.3) is 22.3 Å². The summed E-state index contributed by atoms with van der Waals surface area (Å²) >= 11 is 0. The maximum absolute atomic E-state index is 12.5. The summed E-state index contributed by atoms with van der Waals surface area (Å²) in [4.78, 5) is 29.1. The molecule has 0 aliphatic carbocycles. The van der Waals surface area contributed by atoms with Gasteiger partial charge in [-0.15, -0.1) is 0 Å². The second-order valence-electron chi connectivity index (χ2n) is 12.9. The number of cyclic esters (lactones) is 2. The summed E-state index contributed by atoms with van der Waals surface area (Å²) in [6.45, 7) is 0.650. The normalized spacial score (nSPS) is 12.8. The first-order valence-corrected chi connectivity index (χ1v) is 17.2. The van der Waals surface area contributed by atoms with Gasteiger partial charge in [-0.1, -0.05) is 91.0 Å². The van der Waals surface area contributed by atoms with Crippen LogP contribution in [0.1, 0.15) is 31.8 Å². The van der Waals surface area contributed by atoms with E-state index >= 15 is 0 Å². The molecule has 0 radical (unpaired) electrons. The molecule has 2 heterocycles. The van der Waals surface area contributed by atoms with Crippen molar-refractivity contribution in [3.05, 3.63) is 192 Å². The molecule has 6 nitrogen and oxygen atoms in total. The Hall–Kier alpha value is -6.92. The lowest BCUT2D eigenvalue weighted by Gasteiger charge is -2.27. The number of carbonyl (C=O) groups excluding carboxylic acids is 2. The molecule has 0 spiro atoms. The van der Waals surface area contributed by atoms with Crippen molar-refractivity contribution in [2.75, 3.05) is 9.80 Å². The zero-order chi connectivity index (χ0) is 35.0. The van der Waals surface area contributed by atoms with Gasteiger partial charge in [0.15, 0.2) is 0 Å². The predicted molar refractivity (Wildman–Crippen MR) is 205 cm³/mol. The Kier molecular flexibility index (Phi) is 7.82. The molecule has 7 aromatic rings. The molecular formula is C46H32N2O4. The molecule has 0 saturated heterocycles. The number of fused-ring (bicyclic) bond motifs is 2. The summed E-state index contributed by atoms with van der Waals surface area (Å²) < 4.78 is 10.5. The van der Waals surface area contributed by atoms with Crippen LogP contribution in [0.4, 0.5) is 34.1 Å². The molecule has 2 aliphatic heterocycles. The Morgan fingerprint density at radius 3 is 1.33 bits per heavy atom. The van der Waals surface area contributed by atoms with E-state index in [0.29, 0.717) is 24.3 Å². The van der Waals surface area contributed by atoms with Gasteiger partial charge in [0.05, 0.1) is 11.1 Å². The van der Waals surface area contributed by atoms with Crippen LogP contribution in [0.2, 0.25) is 0 Å². The zero-order valence-electron chi connectivity index (χ0n) is 28.1. The highest BCUT2D eigenvalue weighted by atomic mass is 16.5. The van der Waals surface area contributed by atoms with Crippen molar-refractivity contribution < 1.29 is 19.1 Å². The van der Waals surface area contributed by atoms with Crippen LogP contribution in [-0.4, -0.2) is 11.9 Å². The van der Waals surface area contributed by atoms with Gasteiger partial charge in [0.1, 0.15) is 13.2 Å². The van der Waals surface area contributed by atoms with Crippen molar-refractivity contribution in [3.63, 3.8) is 0 Å². The highest BCUT2D eigenvalue weighted by molar-refractivity contribution is 5.96. The van der Waals surface area contributed by atoms with Crippen LogP contribution >= 0.6 is 0 Å². The SMILES string of the molecule is O=C1OCc2ccc(-c3ccc(N(c4ccccc4)c4ccc(-c5cccc(N(c6ccccc6)c6ccc7c(c6)C(=O)OC7)c5)cc4)cc3)cc21. The lowest BCUT2D eigenvalue weighted by Crippen LogP contribution is -2.11. The Labute approximate surface area is 301 Å².